The molecule has 146 valence electrons. The highest BCUT2D eigenvalue weighted by Crippen LogP contribution is 2.21. The van der Waals surface area contributed by atoms with Crippen molar-refractivity contribution in [2.24, 2.45) is 4.99 Å². The molecule has 2 aliphatic rings. The van der Waals surface area contributed by atoms with E-state index in [0.717, 1.165) is 44.2 Å². The minimum Gasteiger partial charge on any atom is -0.497 e. The van der Waals surface area contributed by atoms with Crippen LogP contribution in [-0.4, -0.2) is 63.5 Å². The zero-order valence-corrected chi connectivity index (χ0v) is 18.2. The average molecular weight is 475 g/mol. The number of morpholine rings is 1. The van der Waals surface area contributed by atoms with Crippen LogP contribution in [0.4, 0.5) is 0 Å². The van der Waals surface area contributed by atoms with Crippen LogP contribution >= 0.6 is 24.0 Å². The monoisotopic (exact) mass is 475 g/mol. The number of aliphatic imine (C=N–C) groups is 1. The molecular formula is C19H30IN3O3. The number of benzene rings is 1. The maximum Gasteiger partial charge on any atom is 0.194 e. The van der Waals surface area contributed by atoms with Gasteiger partial charge in [0.25, 0.3) is 0 Å². The summed E-state index contributed by atoms with van der Waals surface area (Å²) in [5.74, 6) is 1.79. The molecule has 1 aromatic carbocycles. The average Bonchev–Trinajstić information content (AvgIpc) is 3.17. The van der Waals surface area contributed by atoms with E-state index in [-0.39, 0.29) is 36.2 Å². The molecule has 3 rings (SSSR count). The Balaban J connectivity index is 0.00000243. The number of nitrogens with one attached hydrogen (secondary N) is 1. The molecular weight excluding hydrogens is 445 g/mol. The van der Waals surface area contributed by atoms with E-state index < -0.39 is 0 Å². The van der Waals surface area contributed by atoms with Crippen molar-refractivity contribution in [3.8, 4) is 5.75 Å². The Bertz CT molecular complexity index is 606. The van der Waals surface area contributed by atoms with Crippen LogP contribution in [0, 0.1) is 6.92 Å². The molecule has 1 N–H and O–H groups in total. The number of nitrogens with zero attached hydrogens (tertiary/aromatic N) is 2. The summed E-state index contributed by atoms with van der Waals surface area (Å²) in [5, 5.41) is 3.47. The van der Waals surface area contributed by atoms with Gasteiger partial charge >= 0.3 is 0 Å². The van der Waals surface area contributed by atoms with Gasteiger partial charge < -0.3 is 24.4 Å². The van der Waals surface area contributed by atoms with Crippen molar-refractivity contribution in [1.82, 2.24) is 10.2 Å². The summed E-state index contributed by atoms with van der Waals surface area (Å²) in [6.45, 7) is 6.03. The standard InChI is InChI=1S/C19H29N3O3.HI/c1-14-9-15(11-16(10-14)23-3)12-21-19(20-2)22-6-8-25-18(13-22)17-5-4-7-24-17;/h9-11,17-18H,4-8,12-13H2,1-3H3,(H,20,21);1H. The Kier molecular flexibility index (Phi) is 8.43. The first-order valence-electron chi connectivity index (χ1n) is 9.03. The lowest BCUT2D eigenvalue weighted by Gasteiger charge is -2.37. The fourth-order valence-corrected chi connectivity index (χ4v) is 3.55. The van der Waals surface area contributed by atoms with Gasteiger partial charge in [0.1, 0.15) is 11.9 Å². The minimum absolute atomic E-state index is 0. The number of aryl methyl sites for hydroxylation is 1. The molecule has 0 amide bonds. The molecule has 2 aliphatic heterocycles. The van der Waals surface area contributed by atoms with Gasteiger partial charge in [-0.2, -0.15) is 0 Å². The van der Waals surface area contributed by atoms with Gasteiger partial charge in [0.15, 0.2) is 5.96 Å². The van der Waals surface area contributed by atoms with Crippen molar-refractivity contribution in [3.05, 3.63) is 29.3 Å². The quantitative estimate of drug-likeness (QED) is 0.412. The summed E-state index contributed by atoms with van der Waals surface area (Å²) in [6, 6.07) is 6.26. The second-order valence-electron chi connectivity index (χ2n) is 6.67. The molecule has 7 heteroatoms. The van der Waals surface area contributed by atoms with E-state index in [9.17, 15) is 0 Å². The summed E-state index contributed by atoms with van der Waals surface area (Å²) < 4.78 is 17.1. The van der Waals surface area contributed by atoms with Crippen molar-refractivity contribution in [3.63, 3.8) is 0 Å². The highest BCUT2D eigenvalue weighted by molar-refractivity contribution is 14.0. The van der Waals surface area contributed by atoms with Crippen LogP contribution in [0.2, 0.25) is 0 Å². The Morgan fingerprint density at radius 3 is 2.77 bits per heavy atom. The molecule has 1 aromatic rings. The smallest absolute Gasteiger partial charge is 0.194 e. The Hall–Kier alpha value is -1.06. The van der Waals surface area contributed by atoms with Gasteiger partial charge in [-0.1, -0.05) is 6.07 Å². The number of ether oxygens (including phenoxy) is 3. The minimum atomic E-state index is 0. The molecule has 2 saturated heterocycles. The van der Waals surface area contributed by atoms with Gasteiger partial charge in [-0.25, -0.2) is 0 Å². The third kappa shape index (κ3) is 5.47. The van der Waals surface area contributed by atoms with Crippen LogP contribution in [0.5, 0.6) is 5.75 Å². The third-order valence-electron chi connectivity index (χ3n) is 4.78. The molecule has 2 unspecified atom stereocenters. The maximum absolute atomic E-state index is 5.93. The van der Waals surface area contributed by atoms with Gasteiger partial charge in [0.05, 0.1) is 19.8 Å². The number of hydrogen-bond donors (Lipinski definition) is 1. The normalized spacial score (nSPS) is 23.5. The Morgan fingerprint density at radius 1 is 1.27 bits per heavy atom. The molecule has 0 spiro atoms. The summed E-state index contributed by atoms with van der Waals surface area (Å²) in [4.78, 5) is 6.72. The molecule has 0 aromatic heterocycles. The maximum atomic E-state index is 5.93. The Morgan fingerprint density at radius 2 is 2.08 bits per heavy atom. The lowest BCUT2D eigenvalue weighted by molar-refractivity contribution is -0.0817. The van der Waals surface area contributed by atoms with Crippen molar-refractivity contribution in [2.75, 3.05) is 40.5 Å². The summed E-state index contributed by atoms with van der Waals surface area (Å²) >= 11 is 0. The molecule has 26 heavy (non-hydrogen) atoms. The summed E-state index contributed by atoms with van der Waals surface area (Å²) in [5.41, 5.74) is 2.37. The molecule has 2 atom stereocenters. The lowest BCUT2D eigenvalue weighted by atomic mass is 10.1. The largest absolute Gasteiger partial charge is 0.497 e. The SMILES string of the molecule is CN=C(NCc1cc(C)cc(OC)c1)N1CCOC(C2CCCO2)C1.I. The fraction of sp³-hybridized carbons (Fsp3) is 0.632. The second-order valence-corrected chi connectivity index (χ2v) is 6.67. The van der Waals surface area contributed by atoms with E-state index in [0.29, 0.717) is 13.2 Å². The first-order chi connectivity index (χ1) is 12.2. The number of halogens is 1. The molecule has 0 aliphatic carbocycles. The number of hydrogen-bond acceptors (Lipinski definition) is 4. The molecule has 2 fully saturated rings. The zero-order chi connectivity index (χ0) is 17.6. The van der Waals surface area contributed by atoms with Crippen LogP contribution in [0.25, 0.3) is 0 Å². The van der Waals surface area contributed by atoms with Crippen LogP contribution in [0.15, 0.2) is 23.2 Å². The van der Waals surface area contributed by atoms with Gasteiger partial charge in [-0.3, -0.25) is 4.99 Å². The topological polar surface area (TPSA) is 55.3 Å². The van der Waals surface area contributed by atoms with Crippen molar-refractivity contribution in [1.29, 1.82) is 0 Å². The lowest BCUT2D eigenvalue weighted by Crippen LogP contribution is -2.53. The molecule has 6 nitrogen and oxygen atoms in total. The van der Waals surface area contributed by atoms with Crippen LogP contribution in [-0.2, 0) is 16.0 Å². The van der Waals surface area contributed by atoms with E-state index in [4.69, 9.17) is 14.2 Å². The van der Waals surface area contributed by atoms with Crippen LogP contribution in [0.3, 0.4) is 0 Å². The van der Waals surface area contributed by atoms with Crippen molar-refractivity contribution in [2.45, 2.75) is 38.5 Å². The number of rotatable bonds is 4. The van der Waals surface area contributed by atoms with Gasteiger partial charge in [0.2, 0.25) is 0 Å². The van der Waals surface area contributed by atoms with Crippen LogP contribution < -0.4 is 10.1 Å². The summed E-state index contributed by atoms with van der Waals surface area (Å²) in [6.07, 6.45) is 2.58. The summed E-state index contributed by atoms with van der Waals surface area (Å²) in [7, 11) is 3.53. The number of guanidine groups is 1. The van der Waals surface area contributed by atoms with Crippen molar-refractivity contribution >= 4 is 29.9 Å². The van der Waals surface area contributed by atoms with Crippen molar-refractivity contribution < 1.29 is 14.2 Å². The molecule has 0 bridgehead atoms. The van der Waals surface area contributed by atoms with Gasteiger partial charge in [-0.15, -0.1) is 24.0 Å². The first kappa shape index (κ1) is 21.2. The highest BCUT2D eigenvalue weighted by Gasteiger charge is 2.32. The Labute approximate surface area is 173 Å². The second kappa shape index (κ2) is 10.3. The fourth-order valence-electron chi connectivity index (χ4n) is 3.55. The number of methoxy groups -OCH3 is 1. The van der Waals surface area contributed by atoms with Gasteiger partial charge in [0, 0.05) is 33.3 Å². The molecule has 0 radical (unpaired) electrons. The first-order valence-corrected chi connectivity index (χ1v) is 9.03. The predicted molar refractivity (Wildman–Crippen MR) is 114 cm³/mol. The van der Waals surface area contributed by atoms with E-state index in [1.807, 2.05) is 13.1 Å². The molecule has 2 heterocycles. The predicted octanol–water partition coefficient (Wildman–Crippen LogP) is 2.58. The zero-order valence-electron chi connectivity index (χ0n) is 15.9. The van der Waals surface area contributed by atoms with E-state index in [2.05, 4.69) is 34.3 Å². The molecule has 0 saturated carbocycles. The van der Waals surface area contributed by atoms with E-state index >= 15 is 0 Å². The third-order valence-corrected chi connectivity index (χ3v) is 4.78. The van der Waals surface area contributed by atoms with E-state index in [1.54, 1.807) is 7.11 Å². The van der Waals surface area contributed by atoms with Crippen LogP contribution in [0.1, 0.15) is 24.0 Å². The van der Waals surface area contributed by atoms with Gasteiger partial charge in [-0.05, 0) is 43.0 Å². The highest BCUT2D eigenvalue weighted by atomic mass is 127. The van der Waals surface area contributed by atoms with E-state index in [1.165, 1.54) is 11.1 Å².